The molecular formula is C17H19Cl2N3O3. The Morgan fingerprint density at radius 2 is 1.92 bits per heavy atom. The predicted molar refractivity (Wildman–Crippen MR) is 97.5 cm³/mol. The second-order valence-electron chi connectivity index (χ2n) is 5.25. The summed E-state index contributed by atoms with van der Waals surface area (Å²) >= 11 is 12.0. The third kappa shape index (κ3) is 5.47. The van der Waals surface area contributed by atoms with Gasteiger partial charge in [0.05, 0.1) is 25.9 Å². The van der Waals surface area contributed by atoms with Crippen LogP contribution in [-0.4, -0.2) is 30.0 Å². The number of amides is 1. The van der Waals surface area contributed by atoms with Gasteiger partial charge in [-0.05, 0) is 24.1 Å². The molecule has 0 unspecified atom stereocenters. The number of methoxy groups -OCH3 is 1. The molecule has 0 radical (unpaired) electrons. The van der Waals surface area contributed by atoms with E-state index >= 15 is 0 Å². The fraction of sp³-hybridized carbons (Fsp3) is 0.353. The molecule has 1 heterocycles. The Morgan fingerprint density at radius 3 is 2.56 bits per heavy atom. The molecule has 1 aromatic carbocycles. The Morgan fingerprint density at radius 1 is 1.20 bits per heavy atom. The number of benzene rings is 1. The van der Waals surface area contributed by atoms with Gasteiger partial charge in [0, 0.05) is 6.07 Å². The summed E-state index contributed by atoms with van der Waals surface area (Å²) in [6.07, 6.45) is 1.19. The SMILES string of the molecule is CCCCOC(=O)N(Cc1ccc(OC)cc1)c1cc(Cl)nnc1Cl. The van der Waals surface area contributed by atoms with Gasteiger partial charge in [-0.2, -0.15) is 0 Å². The van der Waals surface area contributed by atoms with E-state index in [0.717, 1.165) is 24.2 Å². The highest BCUT2D eigenvalue weighted by Crippen LogP contribution is 2.28. The number of carbonyl (C=O) groups excluding carboxylic acids is 1. The zero-order valence-electron chi connectivity index (χ0n) is 14.0. The van der Waals surface area contributed by atoms with Gasteiger partial charge in [-0.3, -0.25) is 4.90 Å². The first-order valence-corrected chi connectivity index (χ1v) is 8.56. The highest BCUT2D eigenvalue weighted by molar-refractivity contribution is 6.33. The van der Waals surface area contributed by atoms with Gasteiger partial charge in [-0.1, -0.05) is 48.7 Å². The number of carbonyl (C=O) groups is 1. The van der Waals surface area contributed by atoms with Crippen molar-refractivity contribution in [2.45, 2.75) is 26.3 Å². The van der Waals surface area contributed by atoms with Gasteiger partial charge in [0.15, 0.2) is 10.3 Å². The van der Waals surface area contributed by atoms with Crippen molar-refractivity contribution in [3.8, 4) is 5.75 Å². The van der Waals surface area contributed by atoms with Crippen LogP contribution in [0.3, 0.4) is 0 Å². The molecule has 134 valence electrons. The van der Waals surface area contributed by atoms with E-state index in [1.165, 1.54) is 11.0 Å². The molecule has 6 nitrogen and oxygen atoms in total. The summed E-state index contributed by atoms with van der Waals surface area (Å²) in [7, 11) is 1.59. The van der Waals surface area contributed by atoms with Crippen LogP contribution in [0.1, 0.15) is 25.3 Å². The lowest BCUT2D eigenvalue weighted by molar-refractivity contribution is 0.151. The first-order chi connectivity index (χ1) is 12.0. The maximum atomic E-state index is 12.5. The lowest BCUT2D eigenvalue weighted by Gasteiger charge is -2.23. The Kier molecular flexibility index (Phi) is 7.28. The molecule has 8 heteroatoms. The summed E-state index contributed by atoms with van der Waals surface area (Å²) in [6, 6.07) is 8.83. The largest absolute Gasteiger partial charge is 0.497 e. The zero-order chi connectivity index (χ0) is 18.2. The molecule has 0 atom stereocenters. The van der Waals surface area contributed by atoms with E-state index in [1.807, 2.05) is 31.2 Å². The number of hydrogen-bond acceptors (Lipinski definition) is 5. The minimum atomic E-state index is -0.518. The summed E-state index contributed by atoms with van der Waals surface area (Å²) < 4.78 is 10.5. The fourth-order valence-corrected chi connectivity index (χ4v) is 2.41. The third-order valence-corrected chi connectivity index (χ3v) is 3.89. The van der Waals surface area contributed by atoms with Crippen LogP contribution < -0.4 is 9.64 Å². The zero-order valence-corrected chi connectivity index (χ0v) is 15.5. The van der Waals surface area contributed by atoms with Crippen molar-refractivity contribution in [2.75, 3.05) is 18.6 Å². The van der Waals surface area contributed by atoms with Crippen LogP contribution in [0.5, 0.6) is 5.75 Å². The van der Waals surface area contributed by atoms with Crippen molar-refractivity contribution in [3.63, 3.8) is 0 Å². The second kappa shape index (κ2) is 9.44. The van der Waals surface area contributed by atoms with Crippen molar-refractivity contribution < 1.29 is 14.3 Å². The van der Waals surface area contributed by atoms with Crippen LogP contribution in [0.15, 0.2) is 30.3 Å². The fourth-order valence-electron chi connectivity index (χ4n) is 2.08. The highest BCUT2D eigenvalue weighted by atomic mass is 35.5. The number of ether oxygens (including phenoxy) is 2. The summed E-state index contributed by atoms with van der Waals surface area (Å²) in [5, 5.41) is 7.65. The van der Waals surface area contributed by atoms with Gasteiger partial charge in [0.25, 0.3) is 0 Å². The lowest BCUT2D eigenvalue weighted by Crippen LogP contribution is -2.32. The van der Waals surface area contributed by atoms with E-state index in [4.69, 9.17) is 32.7 Å². The predicted octanol–water partition coefficient (Wildman–Crippen LogP) is 4.74. The summed E-state index contributed by atoms with van der Waals surface area (Å²) in [5.41, 5.74) is 1.22. The van der Waals surface area contributed by atoms with Crippen LogP contribution in [0, 0.1) is 0 Å². The number of unbranched alkanes of at least 4 members (excludes halogenated alkanes) is 1. The van der Waals surface area contributed by atoms with Crippen LogP contribution in [0.2, 0.25) is 10.3 Å². The maximum absolute atomic E-state index is 12.5. The van der Waals surface area contributed by atoms with Gasteiger partial charge in [-0.25, -0.2) is 4.79 Å². The number of rotatable bonds is 7. The van der Waals surface area contributed by atoms with Crippen molar-refractivity contribution >= 4 is 35.0 Å². The summed E-state index contributed by atoms with van der Waals surface area (Å²) in [5.74, 6) is 0.729. The molecular weight excluding hydrogens is 365 g/mol. The molecule has 1 aromatic heterocycles. The van der Waals surface area contributed by atoms with Crippen LogP contribution >= 0.6 is 23.2 Å². The van der Waals surface area contributed by atoms with E-state index in [1.54, 1.807) is 7.11 Å². The van der Waals surface area contributed by atoms with Gasteiger partial charge >= 0.3 is 6.09 Å². The lowest BCUT2D eigenvalue weighted by atomic mass is 10.2. The molecule has 0 fully saturated rings. The third-order valence-electron chi connectivity index (χ3n) is 3.43. The molecule has 0 saturated heterocycles. The number of hydrogen-bond donors (Lipinski definition) is 0. The minimum Gasteiger partial charge on any atom is -0.497 e. The van der Waals surface area contributed by atoms with Gasteiger partial charge in [0.2, 0.25) is 0 Å². The standard InChI is InChI=1S/C17H19Cl2N3O3/c1-3-4-9-25-17(23)22(14-10-15(18)20-21-16(14)19)11-12-5-7-13(24-2)8-6-12/h5-8,10H,3-4,9,11H2,1-2H3. The van der Waals surface area contributed by atoms with Crippen LogP contribution in [0.25, 0.3) is 0 Å². The first kappa shape index (κ1) is 19.3. The Labute approximate surface area is 156 Å². The normalized spacial score (nSPS) is 10.4. The molecule has 2 aromatic rings. The topological polar surface area (TPSA) is 64.5 Å². The number of halogens is 2. The van der Waals surface area contributed by atoms with Crippen molar-refractivity contribution in [3.05, 3.63) is 46.2 Å². The van der Waals surface area contributed by atoms with Crippen molar-refractivity contribution in [1.82, 2.24) is 10.2 Å². The number of aromatic nitrogens is 2. The van der Waals surface area contributed by atoms with Gasteiger partial charge in [-0.15, -0.1) is 10.2 Å². The quantitative estimate of drug-likeness (QED) is 0.646. The summed E-state index contributed by atoms with van der Waals surface area (Å²) in [4.78, 5) is 13.9. The maximum Gasteiger partial charge on any atom is 0.414 e. The highest BCUT2D eigenvalue weighted by Gasteiger charge is 2.22. The minimum absolute atomic E-state index is 0.0744. The molecule has 0 spiro atoms. The molecule has 0 bridgehead atoms. The van der Waals surface area contributed by atoms with Crippen molar-refractivity contribution in [2.24, 2.45) is 0 Å². The smallest absolute Gasteiger partial charge is 0.414 e. The molecule has 0 aliphatic heterocycles. The molecule has 25 heavy (non-hydrogen) atoms. The number of nitrogens with zero attached hydrogens (tertiary/aromatic N) is 3. The monoisotopic (exact) mass is 383 g/mol. The Bertz CT molecular complexity index is 711. The van der Waals surface area contributed by atoms with E-state index in [9.17, 15) is 4.79 Å². The average Bonchev–Trinajstić information content (AvgIpc) is 2.62. The molecule has 0 saturated carbocycles. The van der Waals surface area contributed by atoms with Gasteiger partial charge in [0.1, 0.15) is 5.75 Å². The Balaban J connectivity index is 2.27. The molecule has 2 rings (SSSR count). The molecule has 0 aliphatic rings. The molecule has 0 aliphatic carbocycles. The Hall–Kier alpha value is -2.05. The molecule has 0 N–H and O–H groups in total. The van der Waals surface area contributed by atoms with E-state index in [2.05, 4.69) is 10.2 Å². The van der Waals surface area contributed by atoms with E-state index < -0.39 is 6.09 Å². The van der Waals surface area contributed by atoms with Crippen molar-refractivity contribution in [1.29, 1.82) is 0 Å². The summed E-state index contributed by atoms with van der Waals surface area (Å²) in [6.45, 7) is 2.60. The van der Waals surface area contributed by atoms with Crippen LogP contribution in [-0.2, 0) is 11.3 Å². The van der Waals surface area contributed by atoms with E-state index in [-0.39, 0.29) is 16.9 Å². The number of anilines is 1. The average molecular weight is 384 g/mol. The van der Waals surface area contributed by atoms with Crippen LogP contribution in [0.4, 0.5) is 10.5 Å². The first-order valence-electron chi connectivity index (χ1n) is 7.81. The van der Waals surface area contributed by atoms with Gasteiger partial charge < -0.3 is 9.47 Å². The second-order valence-corrected chi connectivity index (χ2v) is 5.99. The molecule has 1 amide bonds. The van der Waals surface area contributed by atoms with E-state index in [0.29, 0.717) is 12.3 Å².